The van der Waals surface area contributed by atoms with Crippen molar-refractivity contribution >= 4 is 0 Å². The molecule has 1 unspecified atom stereocenters. The van der Waals surface area contributed by atoms with Crippen LogP contribution in [-0.4, -0.2) is 27.1 Å². The third-order valence-electron chi connectivity index (χ3n) is 2.91. The van der Waals surface area contributed by atoms with Gasteiger partial charge in [0.1, 0.15) is 0 Å². The van der Waals surface area contributed by atoms with Gasteiger partial charge in [-0.25, -0.2) is 0 Å². The number of hydrogen-bond donors (Lipinski definition) is 0. The topological polar surface area (TPSA) is 51.5 Å². The maximum absolute atomic E-state index is 9.07. The summed E-state index contributed by atoms with van der Waals surface area (Å²) in [5.41, 5.74) is 1.14. The molecule has 0 saturated heterocycles. The lowest BCUT2D eigenvalue weighted by Crippen LogP contribution is -2.18. The lowest BCUT2D eigenvalue weighted by atomic mass is 10.0. The summed E-state index contributed by atoms with van der Waals surface area (Å²) in [6.45, 7) is 1.14. The zero-order valence-corrected chi connectivity index (χ0v) is 11.5. The Kier molecular flexibility index (Phi) is 7.83. The zero-order valence-electron chi connectivity index (χ0n) is 11.5. The number of ether oxygens (including phenoxy) is 3. The molecular formula is C15H21NO3. The van der Waals surface area contributed by atoms with Gasteiger partial charge in [-0.2, -0.15) is 5.26 Å². The van der Waals surface area contributed by atoms with Gasteiger partial charge in [-0.1, -0.05) is 30.3 Å². The molecule has 0 N–H and O–H groups in total. The summed E-state index contributed by atoms with van der Waals surface area (Å²) < 4.78 is 15.8. The molecule has 1 atom stereocenters. The summed E-state index contributed by atoms with van der Waals surface area (Å²) >= 11 is 0. The summed E-state index contributed by atoms with van der Waals surface area (Å²) in [5.74, 6) is -0.110. The molecule has 1 aromatic carbocycles. The maximum Gasteiger partial charge on any atom is 0.158 e. The van der Waals surface area contributed by atoms with Gasteiger partial charge in [0.2, 0.25) is 0 Å². The summed E-state index contributed by atoms with van der Waals surface area (Å²) in [7, 11) is 3.16. The van der Waals surface area contributed by atoms with E-state index < -0.39 is 0 Å². The average molecular weight is 263 g/mol. The molecule has 0 fully saturated rings. The van der Waals surface area contributed by atoms with E-state index in [1.807, 2.05) is 30.3 Å². The molecule has 104 valence electrons. The molecule has 0 aliphatic carbocycles. The zero-order chi connectivity index (χ0) is 13.9. The van der Waals surface area contributed by atoms with E-state index in [9.17, 15) is 0 Å². The van der Waals surface area contributed by atoms with Crippen LogP contribution in [0.2, 0.25) is 0 Å². The van der Waals surface area contributed by atoms with E-state index >= 15 is 0 Å². The van der Waals surface area contributed by atoms with Gasteiger partial charge in [0.05, 0.1) is 18.6 Å². The second-order valence-corrected chi connectivity index (χ2v) is 4.29. The Labute approximate surface area is 114 Å². The first-order valence-electron chi connectivity index (χ1n) is 6.37. The number of methoxy groups -OCH3 is 2. The molecule has 4 heteroatoms. The third kappa shape index (κ3) is 6.35. The second kappa shape index (κ2) is 9.51. The molecular weight excluding hydrogens is 242 g/mol. The maximum atomic E-state index is 9.07. The van der Waals surface area contributed by atoms with Gasteiger partial charge >= 0.3 is 0 Å². The van der Waals surface area contributed by atoms with Crippen molar-refractivity contribution in [1.82, 2.24) is 0 Å². The molecule has 0 heterocycles. The van der Waals surface area contributed by atoms with Crippen LogP contribution >= 0.6 is 0 Å². The molecule has 0 aliphatic rings. The van der Waals surface area contributed by atoms with Crippen molar-refractivity contribution in [2.24, 2.45) is 5.92 Å². The predicted molar refractivity (Wildman–Crippen MR) is 72.2 cm³/mol. The Balaban J connectivity index is 2.21. The van der Waals surface area contributed by atoms with E-state index in [1.54, 1.807) is 14.2 Å². The Hall–Kier alpha value is -1.41. The van der Waals surface area contributed by atoms with Crippen LogP contribution in [0.4, 0.5) is 0 Å². The van der Waals surface area contributed by atoms with Gasteiger partial charge in [-0.05, 0) is 12.0 Å². The van der Waals surface area contributed by atoms with Crippen molar-refractivity contribution in [3.63, 3.8) is 0 Å². The molecule has 19 heavy (non-hydrogen) atoms. The lowest BCUT2D eigenvalue weighted by Gasteiger charge is -2.16. The average Bonchev–Trinajstić information content (AvgIpc) is 2.48. The van der Waals surface area contributed by atoms with Crippen molar-refractivity contribution in [3.05, 3.63) is 35.9 Å². The van der Waals surface area contributed by atoms with Gasteiger partial charge in [-0.15, -0.1) is 0 Å². The minimum atomic E-state index is -0.321. The van der Waals surface area contributed by atoms with Crippen LogP contribution < -0.4 is 0 Å². The molecule has 0 amide bonds. The van der Waals surface area contributed by atoms with Crippen LogP contribution in [0.25, 0.3) is 0 Å². The third-order valence-corrected chi connectivity index (χ3v) is 2.91. The van der Waals surface area contributed by atoms with Crippen molar-refractivity contribution < 1.29 is 14.2 Å². The summed E-state index contributed by atoms with van der Waals surface area (Å²) in [6, 6.07) is 12.2. The van der Waals surface area contributed by atoms with Crippen LogP contribution in [0.15, 0.2) is 30.3 Å². The molecule has 1 rings (SSSR count). The fraction of sp³-hybridized carbons (Fsp3) is 0.533. The first-order chi connectivity index (χ1) is 9.30. The monoisotopic (exact) mass is 263 g/mol. The molecule has 0 aliphatic heterocycles. The van der Waals surface area contributed by atoms with E-state index in [0.29, 0.717) is 26.1 Å². The smallest absolute Gasteiger partial charge is 0.158 e. The molecule has 0 bridgehead atoms. The minimum absolute atomic E-state index is 0.110. The van der Waals surface area contributed by atoms with Gasteiger partial charge < -0.3 is 14.2 Å². The van der Waals surface area contributed by atoms with Crippen molar-refractivity contribution in [1.29, 1.82) is 5.26 Å². The number of nitriles is 1. The quantitative estimate of drug-likeness (QED) is 0.508. The number of rotatable bonds is 9. The molecule has 1 aromatic rings. The molecule has 0 aromatic heterocycles. The summed E-state index contributed by atoms with van der Waals surface area (Å²) in [6.07, 6.45) is 0.934. The van der Waals surface area contributed by atoms with Crippen LogP contribution in [0.3, 0.4) is 0 Å². The Morgan fingerprint density at radius 3 is 2.42 bits per heavy atom. The molecule has 0 saturated carbocycles. The second-order valence-electron chi connectivity index (χ2n) is 4.29. The highest BCUT2D eigenvalue weighted by Gasteiger charge is 2.15. The summed E-state index contributed by atoms with van der Waals surface area (Å²) in [4.78, 5) is 0. The van der Waals surface area contributed by atoms with E-state index in [-0.39, 0.29) is 12.2 Å². The van der Waals surface area contributed by atoms with Crippen LogP contribution in [0.1, 0.15) is 18.4 Å². The lowest BCUT2D eigenvalue weighted by molar-refractivity contribution is -0.112. The standard InChI is InChI=1S/C15H21NO3/c1-17-15(18-2)10-14(11-16)8-9-19-12-13-6-4-3-5-7-13/h3-7,14-15H,8-10,12H2,1-2H3. The predicted octanol–water partition coefficient (Wildman–Crippen LogP) is 2.74. The van der Waals surface area contributed by atoms with Crippen molar-refractivity contribution in [2.45, 2.75) is 25.7 Å². The fourth-order valence-corrected chi connectivity index (χ4v) is 1.75. The Morgan fingerprint density at radius 2 is 1.84 bits per heavy atom. The van der Waals surface area contributed by atoms with E-state index in [0.717, 1.165) is 5.56 Å². The van der Waals surface area contributed by atoms with E-state index in [1.165, 1.54) is 0 Å². The largest absolute Gasteiger partial charge is 0.377 e. The van der Waals surface area contributed by atoms with Crippen LogP contribution in [0, 0.1) is 17.2 Å². The minimum Gasteiger partial charge on any atom is -0.377 e. The molecule has 4 nitrogen and oxygen atoms in total. The normalized spacial score (nSPS) is 12.3. The number of hydrogen-bond acceptors (Lipinski definition) is 4. The SMILES string of the molecule is COC(CC(C#N)CCOCc1ccccc1)OC. The van der Waals surface area contributed by atoms with Crippen molar-refractivity contribution in [2.75, 3.05) is 20.8 Å². The van der Waals surface area contributed by atoms with Crippen molar-refractivity contribution in [3.8, 4) is 6.07 Å². The highest BCUT2D eigenvalue weighted by molar-refractivity contribution is 5.13. The number of benzene rings is 1. The van der Waals surface area contributed by atoms with Gasteiger partial charge in [0.15, 0.2) is 6.29 Å². The molecule has 0 spiro atoms. The fourth-order valence-electron chi connectivity index (χ4n) is 1.75. The van der Waals surface area contributed by atoms with Crippen LogP contribution in [-0.2, 0) is 20.8 Å². The van der Waals surface area contributed by atoms with E-state index in [4.69, 9.17) is 19.5 Å². The van der Waals surface area contributed by atoms with Gasteiger partial charge in [0.25, 0.3) is 0 Å². The first kappa shape index (κ1) is 15.6. The molecule has 0 radical (unpaired) electrons. The highest BCUT2D eigenvalue weighted by Crippen LogP contribution is 2.13. The summed E-state index contributed by atoms with van der Waals surface area (Å²) in [5, 5.41) is 9.07. The van der Waals surface area contributed by atoms with Gasteiger partial charge in [0, 0.05) is 27.2 Å². The van der Waals surface area contributed by atoms with Gasteiger partial charge in [-0.3, -0.25) is 0 Å². The Bertz CT molecular complexity index is 371. The Morgan fingerprint density at radius 1 is 1.16 bits per heavy atom. The number of nitrogens with zero attached hydrogens (tertiary/aromatic N) is 1. The van der Waals surface area contributed by atoms with Crippen LogP contribution in [0.5, 0.6) is 0 Å². The highest BCUT2D eigenvalue weighted by atomic mass is 16.7. The van der Waals surface area contributed by atoms with E-state index in [2.05, 4.69) is 6.07 Å². The first-order valence-corrected chi connectivity index (χ1v) is 6.37.